The van der Waals surface area contributed by atoms with E-state index in [1.165, 1.54) is 11.1 Å². The molecule has 1 amide bonds. The van der Waals surface area contributed by atoms with Crippen molar-refractivity contribution in [2.45, 2.75) is 43.6 Å². The first-order valence-corrected chi connectivity index (χ1v) is 13.1. The number of piperidine rings is 1. The van der Waals surface area contributed by atoms with Gasteiger partial charge in [0.2, 0.25) is 5.95 Å². The SMILES string of the molecule is N[C@@H]1c2ccccc2CC12CCN(c1nc3[nH]nc(C4(c5ccc(NC(=O)O)cc5)CC4)c3c(=O)[nH]1)CC2. The van der Waals surface area contributed by atoms with Crippen molar-refractivity contribution in [3.05, 3.63) is 81.3 Å². The van der Waals surface area contributed by atoms with Gasteiger partial charge in [-0.1, -0.05) is 36.4 Å². The Labute approximate surface area is 218 Å². The quantitative estimate of drug-likeness (QED) is 0.280. The number of carboxylic acid groups (broad SMARTS) is 1. The molecule has 2 fully saturated rings. The van der Waals surface area contributed by atoms with Gasteiger partial charge in [0, 0.05) is 30.2 Å². The Morgan fingerprint density at radius 3 is 2.50 bits per heavy atom. The summed E-state index contributed by atoms with van der Waals surface area (Å²) in [6.07, 6.45) is 3.49. The molecule has 0 radical (unpaired) electrons. The number of nitrogens with zero attached hydrogens (tertiary/aromatic N) is 3. The van der Waals surface area contributed by atoms with Gasteiger partial charge in [0.15, 0.2) is 5.65 Å². The molecule has 7 rings (SSSR count). The van der Waals surface area contributed by atoms with Crippen LogP contribution in [-0.4, -0.2) is 44.5 Å². The van der Waals surface area contributed by atoms with Crippen molar-refractivity contribution in [3.63, 3.8) is 0 Å². The molecule has 10 nitrogen and oxygen atoms in total. The van der Waals surface area contributed by atoms with E-state index in [-0.39, 0.29) is 22.4 Å². The molecule has 0 unspecified atom stereocenters. The number of anilines is 2. The van der Waals surface area contributed by atoms with E-state index >= 15 is 0 Å². The minimum Gasteiger partial charge on any atom is -0.465 e. The van der Waals surface area contributed by atoms with E-state index in [0.29, 0.717) is 28.4 Å². The van der Waals surface area contributed by atoms with Crippen LogP contribution in [0.2, 0.25) is 0 Å². The molecule has 38 heavy (non-hydrogen) atoms. The molecule has 2 aromatic heterocycles. The highest BCUT2D eigenvalue weighted by molar-refractivity contribution is 5.83. The molecule has 1 atom stereocenters. The van der Waals surface area contributed by atoms with Gasteiger partial charge in [0.05, 0.1) is 5.69 Å². The fourth-order valence-electron chi connectivity index (χ4n) is 6.68. The highest BCUT2D eigenvalue weighted by Crippen LogP contribution is 2.54. The van der Waals surface area contributed by atoms with Gasteiger partial charge in [0.1, 0.15) is 5.39 Å². The second-order valence-electron chi connectivity index (χ2n) is 11.0. The number of amides is 1. The molecule has 2 aromatic carbocycles. The molecule has 0 bridgehead atoms. The zero-order chi connectivity index (χ0) is 26.1. The van der Waals surface area contributed by atoms with Crippen molar-refractivity contribution < 1.29 is 9.90 Å². The molecule has 1 spiro atoms. The largest absolute Gasteiger partial charge is 0.465 e. The average molecular weight is 512 g/mol. The number of H-pyrrole nitrogens is 2. The summed E-state index contributed by atoms with van der Waals surface area (Å²) in [4.78, 5) is 34.3. The number of aromatic amines is 2. The van der Waals surface area contributed by atoms with Crippen LogP contribution in [0.5, 0.6) is 0 Å². The molecule has 1 aliphatic heterocycles. The van der Waals surface area contributed by atoms with Crippen LogP contribution in [0.15, 0.2) is 53.3 Å². The molecule has 2 aliphatic carbocycles. The van der Waals surface area contributed by atoms with Crippen LogP contribution in [0.4, 0.5) is 16.4 Å². The van der Waals surface area contributed by atoms with Crippen molar-refractivity contribution in [1.29, 1.82) is 0 Å². The van der Waals surface area contributed by atoms with E-state index in [1.54, 1.807) is 12.1 Å². The number of nitrogens with two attached hydrogens (primary N) is 1. The highest BCUT2D eigenvalue weighted by Gasteiger charge is 2.50. The van der Waals surface area contributed by atoms with Crippen LogP contribution < -0.4 is 21.5 Å². The molecular weight excluding hydrogens is 482 g/mol. The van der Waals surface area contributed by atoms with Crippen molar-refractivity contribution in [3.8, 4) is 0 Å². The number of carbonyl (C=O) groups is 1. The lowest BCUT2D eigenvalue weighted by Gasteiger charge is -2.42. The summed E-state index contributed by atoms with van der Waals surface area (Å²) in [5, 5.41) is 19.4. The normalized spacial score (nSPS) is 21.0. The van der Waals surface area contributed by atoms with Gasteiger partial charge in [-0.25, -0.2) is 4.79 Å². The number of aromatic nitrogens is 4. The van der Waals surface area contributed by atoms with E-state index in [2.05, 4.69) is 49.7 Å². The maximum Gasteiger partial charge on any atom is 0.409 e. The van der Waals surface area contributed by atoms with Crippen molar-refractivity contribution >= 4 is 28.8 Å². The molecule has 10 heteroatoms. The molecule has 4 aromatic rings. The lowest BCUT2D eigenvalue weighted by atomic mass is 9.73. The number of benzene rings is 2. The first kappa shape index (κ1) is 23.0. The summed E-state index contributed by atoms with van der Waals surface area (Å²) in [5.74, 6) is 0.561. The van der Waals surface area contributed by atoms with Gasteiger partial charge in [-0.3, -0.25) is 20.2 Å². The minimum atomic E-state index is -1.11. The number of fused-ring (bicyclic) bond motifs is 2. The standard InChI is InChI=1S/C28H29N7O3/c29-21-19-4-2-1-3-16(19)15-27(21)11-13-35(14-12-27)25-31-23-20(24(36)32-25)22(33-34-23)28(9-10-28)17-5-7-18(8-6-17)30-26(37)38/h1-8,21,30H,9-15,29H2,(H,37,38)(H2,31,32,33,34,36)/t21-/m1/s1. The third kappa shape index (κ3) is 3.43. The first-order chi connectivity index (χ1) is 18.4. The summed E-state index contributed by atoms with van der Waals surface area (Å²) in [6, 6.07) is 15.8. The maximum atomic E-state index is 13.4. The van der Waals surface area contributed by atoms with Crippen LogP contribution in [0.1, 0.15) is 54.1 Å². The Bertz CT molecular complexity index is 1610. The van der Waals surface area contributed by atoms with Crippen molar-refractivity contribution in [2.75, 3.05) is 23.3 Å². The second-order valence-corrected chi connectivity index (χ2v) is 11.0. The zero-order valence-corrected chi connectivity index (χ0v) is 20.8. The van der Waals surface area contributed by atoms with Crippen molar-refractivity contribution in [1.82, 2.24) is 20.2 Å². The smallest absolute Gasteiger partial charge is 0.409 e. The predicted octanol–water partition coefficient (Wildman–Crippen LogP) is 3.66. The molecule has 6 N–H and O–H groups in total. The Morgan fingerprint density at radius 2 is 1.82 bits per heavy atom. The molecule has 1 saturated heterocycles. The lowest BCUT2D eigenvalue weighted by molar-refractivity contribution is 0.187. The van der Waals surface area contributed by atoms with Crippen molar-refractivity contribution in [2.24, 2.45) is 11.1 Å². The number of hydrogen-bond acceptors (Lipinski definition) is 6. The van der Waals surface area contributed by atoms with Gasteiger partial charge >= 0.3 is 6.09 Å². The van der Waals surface area contributed by atoms with E-state index < -0.39 is 6.09 Å². The van der Waals surface area contributed by atoms with Crippen LogP contribution >= 0.6 is 0 Å². The summed E-state index contributed by atoms with van der Waals surface area (Å²) >= 11 is 0. The van der Waals surface area contributed by atoms with Crippen LogP contribution in [0.25, 0.3) is 11.0 Å². The maximum absolute atomic E-state index is 13.4. The summed E-state index contributed by atoms with van der Waals surface area (Å²) in [6.45, 7) is 1.55. The van der Waals surface area contributed by atoms with E-state index in [0.717, 1.165) is 50.8 Å². The summed E-state index contributed by atoms with van der Waals surface area (Å²) in [7, 11) is 0. The average Bonchev–Trinajstić information content (AvgIpc) is 3.52. The zero-order valence-electron chi connectivity index (χ0n) is 20.8. The molecule has 1 saturated carbocycles. The number of rotatable bonds is 4. The van der Waals surface area contributed by atoms with E-state index in [9.17, 15) is 9.59 Å². The van der Waals surface area contributed by atoms with Crippen LogP contribution in [0.3, 0.4) is 0 Å². The van der Waals surface area contributed by atoms with Gasteiger partial charge in [-0.15, -0.1) is 0 Å². The summed E-state index contributed by atoms with van der Waals surface area (Å²) in [5.41, 5.74) is 11.5. The highest BCUT2D eigenvalue weighted by atomic mass is 16.4. The molecule has 3 aliphatic rings. The topological polar surface area (TPSA) is 153 Å². The minimum absolute atomic E-state index is 0.0363. The third-order valence-electron chi connectivity index (χ3n) is 8.96. The third-order valence-corrected chi connectivity index (χ3v) is 8.96. The Balaban J connectivity index is 1.14. The fraction of sp³-hybridized carbons (Fsp3) is 0.357. The fourth-order valence-corrected chi connectivity index (χ4v) is 6.68. The predicted molar refractivity (Wildman–Crippen MR) is 144 cm³/mol. The van der Waals surface area contributed by atoms with Crippen LogP contribution in [0, 0.1) is 5.41 Å². The Hall–Kier alpha value is -4.18. The van der Waals surface area contributed by atoms with E-state index in [4.69, 9.17) is 15.8 Å². The monoisotopic (exact) mass is 511 g/mol. The van der Waals surface area contributed by atoms with Crippen LogP contribution in [-0.2, 0) is 11.8 Å². The molecular formula is C28H29N7O3. The Kier molecular flexibility index (Phi) is 4.93. The lowest BCUT2D eigenvalue weighted by Crippen LogP contribution is -2.45. The number of hydrogen-bond donors (Lipinski definition) is 5. The molecule has 194 valence electrons. The van der Waals surface area contributed by atoms with Gasteiger partial charge in [-0.05, 0) is 66.3 Å². The number of nitrogens with one attached hydrogen (secondary N) is 3. The van der Waals surface area contributed by atoms with Gasteiger partial charge < -0.3 is 15.7 Å². The molecule has 3 heterocycles. The second kappa shape index (κ2) is 8.16. The Morgan fingerprint density at radius 1 is 1.08 bits per heavy atom. The van der Waals surface area contributed by atoms with Gasteiger partial charge in [-0.2, -0.15) is 10.1 Å². The first-order valence-electron chi connectivity index (χ1n) is 13.1. The summed E-state index contributed by atoms with van der Waals surface area (Å²) < 4.78 is 0. The van der Waals surface area contributed by atoms with Gasteiger partial charge in [0.25, 0.3) is 5.56 Å². The van der Waals surface area contributed by atoms with E-state index in [1.807, 2.05) is 12.1 Å².